The van der Waals surface area contributed by atoms with E-state index in [-0.39, 0.29) is 0 Å². The maximum Gasteiger partial charge on any atom is 0.138 e. The molecule has 3 heterocycles. The van der Waals surface area contributed by atoms with Crippen LogP contribution in [-0.2, 0) is 6.54 Å². The molecule has 1 fully saturated rings. The van der Waals surface area contributed by atoms with E-state index < -0.39 is 0 Å². The number of halogens is 1. The molecule has 6 heteroatoms. The second-order valence-electron chi connectivity index (χ2n) is 6.46. The highest BCUT2D eigenvalue weighted by atomic mass is 35.5. The highest BCUT2D eigenvalue weighted by Gasteiger charge is 2.17. The third-order valence-corrected chi connectivity index (χ3v) is 5.09. The fourth-order valence-corrected chi connectivity index (χ4v) is 3.75. The smallest absolute Gasteiger partial charge is 0.138 e. The Morgan fingerprint density at radius 1 is 1.20 bits per heavy atom. The highest BCUT2D eigenvalue weighted by molar-refractivity contribution is 6.30. The maximum atomic E-state index is 6.13. The molecule has 4 rings (SSSR count). The van der Waals surface area contributed by atoms with E-state index in [9.17, 15) is 0 Å². The summed E-state index contributed by atoms with van der Waals surface area (Å²) in [7, 11) is 0. The molecule has 0 bridgehead atoms. The largest absolute Gasteiger partial charge is 0.354 e. The van der Waals surface area contributed by atoms with Crippen molar-refractivity contribution in [1.82, 2.24) is 14.7 Å². The lowest BCUT2D eigenvalue weighted by Gasteiger charge is -2.28. The van der Waals surface area contributed by atoms with E-state index >= 15 is 0 Å². The van der Waals surface area contributed by atoms with Crippen LogP contribution in [0.25, 0.3) is 16.8 Å². The van der Waals surface area contributed by atoms with Crippen LogP contribution in [0.4, 0.5) is 5.82 Å². The van der Waals surface area contributed by atoms with Crippen LogP contribution in [0.2, 0.25) is 5.02 Å². The van der Waals surface area contributed by atoms with Crippen LogP contribution in [0.15, 0.2) is 36.7 Å². The van der Waals surface area contributed by atoms with E-state index in [2.05, 4.69) is 44.9 Å². The molecule has 0 radical (unpaired) electrons. The first-order valence-electron chi connectivity index (χ1n) is 8.59. The molecule has 130 valence electrons. The summed E-state index contributed by atoms with van der Waals surface area (Å²) in [5.41, 5.74) is 11.5. The molecule has 0 aliphatic carbocycles. The molecule has 0 saturated carbocycles. The lowest BCUT2D eigenvalue weighted by atomic mass is 9.98. The summed E-state index contributed by atoms with van der Waals surface area (Å²) >= 11 is 6.13. The van der Waals surface area contributed by atoms with Gasteiger partial charge < -0.3 is 16.0 Å². The molecule has 0 spiro atoms. The fraction of sp³-hybridized carbons (Fsp3) is 0.316. The molecule has 0 atom stereocenters. The van der Waals surface area contributed by atoms with Crippen molar-refractivity contribution in [3.63, 3.8) is 0 Å². The summed E-state index contributed by atoms with van der Waals surface area (Å²) in [4.78, 5) is 6.97. The molecule has 2 aromatic heterocycles. The van der Waals surface area contributed by atoms with E-state index in [1.54, 1.807) is 0 Å². The number of aromatic nitrogens is 2. The summed E-state index contributed by atoms with van der Waals surface area (Å²) in [6.07, 6.45) is 4.12. The van der Waals surface area contributed by atoms with Crippen LogP contribution < -0.4 is 16.0 Å². The Kier molecular flexibility index (Phi) is 4.37. The first kappa shape index (κ1) is 16.4. The van der Waals surface area contributed by atoms with Crippen LogP contribution in [0.5, 0.6) is 0 Å². The van der Waals surface area contributed by atoms with Gasteiger partial charge in [0.15, 0.2) is 0 Å². The molecular formula is C19H22ClN5. The van der Waals surface area contributed by atoms with E-state index in [1.165, 1.54) is 0 Å². The van der Waals surface area contributed by atoms with Gasteiger partial charge in [-0.1, -0.05) is 17.7 Å². The monoisotopic (exact) mass is 355 g/mol. The average Bonchev–Trinajstić information content (AvgIpc) is 3.04. The lowest BCUT2D eigenvalue weighted by molar-refractivity contribution is 0.584. The van der Waals surface area contributed by atoms with Crippen molar-refractivity contribution in [3.8, 4) is 11.1 Å². The van der Waals surface area contributed by atoms with Crippen molar-refractivity contribution in [1.29, 1.82) is 0 Å². The number of pyridine rings is 1. The van der Waals surface area contributed by atoms with E-state index in [4.69, 9.17) is 17.3 Å². The molecule has 1 saturated heterocycles. The molecular weight excluding hydrogens is 334 g/mol. The van der Waals surface area contributed by atoms with Crippen molar-refractivity contribution in [2.45, 2.75) is 13.5 Å². The summed E-state index contributed by atoms with van der Waals surface area (Å²) in [5.74, 6) is 1.13. The number of fused-ring (bicyclic) bond motifs is 1. The van der Waals surface area contributed by atoms with Crippen molar-refractivity contribution in [2.75, 3.05) is 31.1 Å². The number of piperazine rings is 1. The topological polar surface area (TPSA) is 58.6 Å². The fourth-order valence-electron chi connectivity index (χ4n) is 3.52. The summed E-state index contributed by atoms with van der Waals surface area (Å²) in [6, 6.07) is 8.08. The molecule has 0 amide bonds. The van der Waals surface area contributed by atoms with Gasteiger partial charge in [0.1, 0.15) is 11.5 Å². The van der Waals surface area contributed by atoms with Gasteiger partial charge in [-0.25, -0.2) is 4.98 Å². The van der Waals surface area contributed by atoms with Crippen LogP contribution in [-0.4, -0.2) is 35.6 Å². The number of imidazole rings is 1. The number of hydrogen-bond donors (Lipinski definition) is 2. The van der Waals surface area contributed by atoms with Gasteiger partial charge in [-0.05, 0) is 41.8 Å². The number of rotatable bonds is 3. The number of nitrogens with two attached hydrogens (primary N) is 1. The second kappa shape index (κ2) is 6.67. The zero-order valence-corrected chi connectivity index (χ0v) is 15.1. The maximum absolute atomic E-state index is 6.13. The van der Waals surface area contributed by atoms with Gasteiger partial charge in [0.25, 0.3) is 0 Å². The Morgan fingerprint density at radius 3 is 2.72 bits per heavy atom. The third kappa shape index (κ3) is 2.99. The predicted octanol–water partition coefficient (Wildman–Crippen LogP) is 2.83. The van der Waals surface area contributed by atoms with E-state index in [0.717, 1.165) is 64.9 Å². The second-order valence-corrected chi connectivity index (χ2v) is 6.89. The average molecular weight is 356 g/mol. The molecule has 1 aliphatic heterocycles. The molecule has 1 aliphatic rings. The minimum Gasteiger partial charge on any atom is -0.354 e. The molecule has 5 nitrogen and oxygen atoms in total. The Balaban J connectivity index is 1.87. The predicted molar refractivity (Wildman–Crippen MR) is 103 cm³/mol. The number of benzene rings is 1. The number of nitrogens with zero attached hydrogens (tertiary/aromatic N) is 3. The Bertz CT molecular complexity index is 912. The van der Waals surface area contributed by atoms with Crippen molar-refractivity contribution in [2.24, 2.45) is 5.73 Å². The number of anilines is 1. The van der Waals surface area contributed by atoms with Gasteiger partial charge in [-0.15, -0.1) is 0 Å². The van der Waals surface area contributed by atoms with Crippen molar-refractivity contribution >= 4 is 23.1 Å². The minimum atomic E-state index is 0.476. The molecule has 3 aromatic rings. The minimum absolute atomic E-state index is 0.476. The number of nitrogens with one attached hydrogen (secondary N) is 1. The Morgan fingerprint density at radius 2 is 2.00 bits per heavy atom. The van der Waals surface area contributed by atoms with Crippen LogP contribution in [0.1, 0.15) is 11.1 Å². The quantitative estimate of drug-likeness (QED) is 0.758. The molecule has 0 unspecified atom stereocenters. The van der Waals surface area contributed by atoms with Gasteiger partial charge in [0.05, 0.1) is 6.20 Å². The van der Waals surface area contributed by atoms with Crippen LogP contribution in [0, 0.1) is 6.92 Å². The van der Waals surface area contributed by atoms with Gasteiger partial charge >= 0.3 is 0 Å². The van der Waals surface area contributed by atoms with Gasteiger partial charge in [-0.2, -0.15) is 0 Å². The Labute approximate surface area is 152 Å². The summed E-state index contributed by atoms with van der Waals surface area (Å²) < 4.78 is 2.17. The highest BCUT2D eigenvalue weighted by Crippen LogP contribution is 2.31. The normalized spacial score (nSPS) is 15.1. The number of hydrogen-bond acceptors (Lipinski definition) is 4. The number of aryl methyl sites for hydroxylation is 1. The van der Waals surface area contributed by atoms with Gasteiger partial charge in [-0.3, -0.25) is 4.40 Å². The lowest BCUT2D eigenvalue weighted by Crippen LogP contribution is -2.44. The van der Waals surface area contributed by atoms with Crippen molar-refractivity contribution in [3.05, 3.63) is 52.8 Å². The van der Waals surface area contributed by atoms with Crippen LogP contribution >= 0.6 is 11.6 Å². The van der Waals surface area contributed by atoms with E-state index in [1.807, 2.05) is 18.3 Å². The summed E-state index contributed by atoms with van der Waals surface area (Å²) in [5, 5.41) is 4.14. The molecule has 25 heavy (non-hydrogen) atoms. The standard InChI is InChI=1S/C19H22ClN5/c1-13-8-15(20)2-3-16(13)17-12-25-18(9-14(17)10-21)23-11-19(25)24-6-4-22-5-7-24/h2-3,8-9,11-12,22H,4-7,10,21H2,1H3. The van der Waals surface area contributed by atoms with Crippen LogP contribution in [0.3, 0.4) is 0 Å². The zero-order chi connectivity index (χ0) is 17.4. The first-order valence-corrected chi connectivity index (χ1v) is 8.97. The SMILES string of the molecule is Cc1cc(Cl)ccc1-c1cn2c(N3CCNCC3)cnc2cc1CN. The Hall–Kier alpha value is -2.08. The first-order chi connectivity index (χ1) is 12.2. The van der Waals surface area contributed by atoms with Gasteiger partial charge in [0.2, 0.25) is 0 Å². The van der Waals surface area contributed by atoms with Crippen molar-refractivity contribution < 1.29 is 0 Å². The van der Waals surface area contributed by atoms with E-state index in [0.29, 0.717) is 6.54 Å². The third-order valence-electron chi connectivity index (χ3n) is 4.85. The van der Waals surface area contributed by atoms with Gasteiger partial charge in [0, 0.05) is 49.5 Å². The summed E-state index contributed by atoms with van der Waals surface area (Å²) in [6.45, 7) is 6.53. The molecule has 3 N–H and O–H groups in total. The molecule has 1 aromatic carbocycles. The zero-order valence-electron chi connectivity index (χ0n) is 14.3.